The second-order valence-electron chi connectivity index (χ2n) is 5.11. The first-order valence-electron chi connectivity index (χ1n) is 7.52. The number of H-pyrrole nitrogens is 1. The molecule has 10 heteroatoms. The maximum atomic E-state index is 11.8. The van der Waals surface area contributed by atoms with Crippen LogP contribution in [0.25, 0.3) is 11.5 Å². The fraction of sp³-hybridized carbons (Fsp3) is 0.333. The number of rotatable bonds is 8. The highest BCUT2D eigenvalue weighted by molar-refractivity contribution is 7.98. The van der Waals surface area contributed by atoms with Crippen LogP contribution in [0.4, 0.5) is 0 Å². The number of benzene rings is 1. The number of halogens is 1. The van der Waals surface area contributed by atoms with Crippen LogP contribution in [0.2, 0.25) is 5.02 Å². The second-order valence-corrected chi connectivity index (χ2v) is 6.48. The molecule has 25 heavy (non-hydrogen) atoms. The van der Waals surface area contributed by atoms with Crippen LogP contribution in [-0.2, 0) is 17.0 Å². The molecule has 1 aromatic carbocycles. The third kappa shape index (κ3) is 4.50. The van der Waals surface area contributed by atoms with Crippen LogP contribution in [0.3, 0.4) is 0 Å². The van der Waals surface area contributed by atoms with Crippen molar-refractivity contribution in [2.24, 2.45) is 0 Å². The number of aromatic amines is 1. The number of nitrogens with one attached hydrogen (secondary N) is 1. The first-order chi connectivity index (χ1) is 12.2. The summed E-state index contributed by atoms with van der Waals surface area (Å²) in [5.41, 5.74) is 0.551. The van der Waals surface area contributed by atoms with Gasteiger partial charge in [-0.3, -0.25) is 4.57 Å². The van der Waals surface area contributed by atoms with Gasteiger partial charge in [0, 0.05) is 30.8 Å². The summed E-state index contributed by atoms with van der Waals surface area (Å²) in [5, 5.41) is 15.8. The molecule has 2 heterocycles. The van der Waals surface area contributed by atoms with Crippen molar-refractivity contribution in [1.82, 2.24) is 25.0 Å². The molecule has 0 radical (unpaired) electrons. The van der Waals surface area contributed by atoms with Gasteiger partial charge in [0.25, 0.3) is 0 Å². The van der Waals surface area contributed by atoms with Crippen molar-refractivity contribution in [3.05, 3.63) is 45.7 Å². The molecule has 0 atom stereocenters. The van der Waals surface area contributed by atoms with E-state index in [1.165, 1.54) is 11.8 Å². The summed E-state index contributed by atoms with van der Waals surface area (Å²) in [5.74, 6) is 1.29. The summed E-state index contributed by atoms with van der Waals surface area (Å²) in [6.45, 7) is 1.11. The molecule has 0 bridgehead atoms. The van der Waals surface area contributed by atoms with Gasteiger partial charge >= 0.3 is 5.69 Å². The molecule has 0 saturated heterocycles. The average Bonchev–Trinajstić information content (AvgIpc) is 3.22. The van der Waals surface area contributed by atoms with E-state index in [-0.39, 0.29) is 5.69 Å². The average molecular weight is 382 g/mol. The van der Waals surface area contributed by atoms with E-state index in [4.69, 9.17) is 20.8 Å². The quantitative estimate of drug-likeness (QED) is 0.473. The van der Waals surface area contributed by atoms with Crippen molar-refractivity contribution >= 4 is 23.4 Å². The molecule has 0 saturated carbocycles. The van der Waals surface area contributed by atoms with Gasteiger partial charge in [0.15, 0.2) is 5.16 Å². The number of hydrogen-bond acceptors (Lipinski definition) is 7. The molecule has 3 rings (SSSR count). The summed E-state index contributed by atoms with van der Waals surface area (Å²) < 4.78 is 12.2. The van der Waals surface area contributed by atoms with Crippen LogP contribution < -0.4 is 5.69 Å². The predicted octanol–water partition coefficient (Wildman–Crippen LogP) is 2.60. The minimum Gasteiger partial charge on any atom is -0.420 e. The molecule has 132 valence electrons. The van der Waals surface area contributed by atoms with E-state index >= 15 is 0 Å². The molecule has 3 aromatic rings. The zero-order chi connectivity index (χ0) is 17.6. The molecule has 0 aliphatic rings. The zero-order valence-corrected chi connectivity index (χ0v) is 15.0. The normalized spacial score (nSPS) is 11.1. The van der Waals surface area contributed by atoms with Crippen LogP contribution in [-0.4, -0.2) is 38.7 Å². The van der Waals surface area contributed by atoms with Crippen LogP contribution in [0, 0.1) is 0 Å². The summed E-state index contributed by atoms with van der Waals surface area (Å²) in [6.07, 6.45) is 0.727. The number of thioether (sulfide) groups is 1. The third-order valence-corrected chi connectivity index (χ3v) is 4.55. The van der Waals surface area contributed by atoms with Gasteiger partial charge in [0.2, 0.25) is 11.8 Å². The maximum absolute atomic E-state index is 11.8. The molecule has 0 aliphatic heterocycles. The Bertz CT molecular complexity index is 874. The zero-order valence-electron chi connectivity index (χ0n) is 13.4. The Morgan fingerprint density at radius 1 is 1.32 bits per heavy atom. The molecule has 8 nitrogen and oxygen atoms in total. The summed E-state index contributed by atoms with van der Waals surface area (Å²) in [7, 11) is 1.63. The molecular formula is C15H16ClN5O3S. The molecule has 0 aliphatic carbocycles. The lowest BCUT2D eigenvalue weighted by Gasteiger charge is -2.03. The highest BCUT2D eigenvalue weighted by Crippen LogP contribution is 2.23. The fourth-order valence-corrected chi connectivity index (χ4v) is 3.06. The highest BCUT2D eigenvalue weighted by Gasteiger charge is 2.13. The van der Waals surface area contributed by atoms with Crippen LogP contribution in [0.1, 0.15) is 12.3 Å². The fourth-order valence-electron chi connectivity index (χ4n) is 2.12. The first kappa shape index (κ1) is 17.7. The largest absolute Gasteiger partial charge is 0.420 e. The van der Waals surface area contributed by atoms with Gasteiger partial charge in [-0.2, -0.15) is 0 Å². The minimum absolute atomic E-state index is 0.244. The Kier molecular flexibility index (Phi) is 5.90. The Morgan fingerprint density at radius 2 is 2.12 bits per heavy atom. The SMILES string of the molecule is COCCCn1c(SCc2nnc(-c3ccc(Cl)cc3)o2)n[nH]c1=O. The van der Waals surface area contributed by atoms with Crippen LogP contribution in [0.5, 0.6) is 0 Å². The lowest BCUT2D eigenvalue weighted by molar-refractivity contribution is 0.189. The van der Waals surface area contributed by atoms with Crippen LogP contribution >= 0.6 is 23.4 Å². The van der Waals surface area contributed by atoms with E-state index in [2.05, 4.69) is 20.4 Å². The van der Waals surface area contributed by atoms with Crippen molar-refractivity contribution in [1.29, 1.82) is 0 Å². The van der Waals surface area contributed by atoms with E-state index in [0.29, 0.717) is 40.9 Å². The monoisotopic (exact) mass is 381 g/mol. The van der Waals surface area contributed by atoms with Crippen molar-refractivity contribution in [2.45, 2.75) is 23.9 Å². The smallest absolute Gasteiger partial charge is 0.343 e. The van der Waals surface area contributed by atoms with E-state index in [1.54, 1.807) is 23.8 Å². The van der Waals surface area contributed by atoms with Gasteiger partial charge in [0.1, 0.15) is 0 Å². The number of ether oxygens (including phenoxy) is 1. The maximum Gasteiger partial charge on any atom is 0.343 e. The number of aromatic nitrogens is 5. The van der Waals surface area contributed by atoms with Gasteiger partial charge in [-0.05, 0) is 30.7 Å². The van der Waals surface area contributed by atoms with E-state index in [9.17, 15) is 4.79 Å². The lowest BCUT2D eigenvalue weighted by atomic mass is 10.2. The molecular weight excluding hydrogens is 366 g/mol. The highest BCUT2D eigenvalue weighted by atomic mass is 35.5. The lowest BCUT2D eigenvalue weighted by Crippen LogP contribution is -2.18. The van der Waals surface area contributed by atoms with E-state index < -0.39 is 0 Å². The second kappa shape index (κ2) is 8.32. The molecule has 0 fully saturated rings. The van der Waals surface area contributed by atoms with Crippen molar-refractivity contribution < 1.29 is 9.15 Å². The van der Waals surface area contributed by atoms with Gasteiger partial charge in [-0.1, -0.05) is 23.4 Å². The molecule has 0 spiro atoms. The predicted molar refractivity (Wildman–Crippen MR) is 93.6 cm³/mol. The number of nitrogens with zero attached hydrogens (tertiary/aromatic N) is 4. The van der Waals surface area contributed by atoms with Crippen molar-refractivity contribution in [3.63, 3.8) is 0 Å². The first-order valence-corrected chi connectivity index (χ1v) is 8.89. The molecule has 2 aromatic heterocycles. The molecule has 0 unspecified atom stereocenters. The van der Waals surface area contributed by atoms with Gasteiger partial charge in [0.05, 0.1) is 5.75 Å². The molecule has 0 amide bonds. The summed E-state index contributed by atoms with van der Waals surface area (Å²) in [4.78, 5) is 11.8. The summed E-state index contributed by atoms with van der Waals surface area (Å²) >= 11 is 7.22. The van der Waals surface area contributed by atoms with Gasteiger partial charge < -0.3 is 9.15 Å². The topological polar surface area (TPSA) is 98.8 Å². The number of hydrogen-bond donors (Lipinski definition) is 1. The third-order valence-electron chi connectivity index (χ3n) is 3.34. The van der Waals surface area contributed by atoms with E-state index in [0.717, 1.165) is 12.0 Å². The molecule has 1 N–H and O–H groups in total. The number of methoxy groups -OCH3 is 1. The Labute approximate surface area is 152 Å². The van der Waals surface area contributed by atoms with E-state index in [1.807, 2.05) is 12.1 Å². The van der Waals surface area contributed by atoms with Gasteiger partial charge in [-0.15, -0.1) is 15.3 Å². The Balaban J connectivity index is 1.65. The van der Waals surface area contributed by atoms with Crippen LogP contribution in [0.15, 0.2) is 38.6 Å². The van der Waals surface area contributed by atoms with Crippen molar-refractivity contribution in [3.8, 4) is 11.5 Å². The van der Waals surface area contributed by atoms with Gasteiger partial charge in [-0.25, -0.2) is 9.89 Å². The van der Waals surface area contributed by atoms with Crippen molar-refractivity contribution in [2.75, 3.05) is 13.7 Å². The standard InChI is InChI=1S/C15H16ClN5O3S/c1-23-8-2-7-21-14(22)19-20-15(21)25-9-12-17-18-13(24-12)10-3-5-11(16)6-4-10/h3-6H,2,7-9H2,1H3,(H,19,22). The Morgan fingerprint density at radius 3 is 2.88 bits per heavy atom. The summed E-state index contributed by atoms with van der Waals surface area (Å²) in [6, 6.07) is 7.15. The Hall–Kier alpha value is -2.10. The minimum atomic E-state index is -0.244.